The van der Waals surface area contributed by atoms with E-state index in [1.165, 1.54) is 31.2 Å². The molecule has 0 bridgehead atoms. The molecular weight excluding hydrogens is 484 g/mol. The second-order valence-corrected chi connectivity index (χ2v) is 11.6. The maximum absolute atomic E-state index is 13.6. The number of anilines is 1. The number of nitrogens with one attached hydrogen (secondary N) is 1. The molecule has 0 amide bonds. The van der Waals surface area contributed by atoms with Gasteiger partial charge in [0.05, 0.1) is 13.2 Å². The fraction of sp³-hybridized carbons (Fsp3) is 0.471. The number of carbonyl (C=O) groups excluding carboxylic acids is 2. The molecule has 1 saturated heterocycles. The van der Waals surface area contributed by atoms with Crippen LogP contribution in [0, 0.1) is 6.92 Å². The van der Waals surface area contributed by atoms with Gasteiger partial charge in [-0.05, 0) is 85.6 Å². The van der Waals surface area contributed by atoms with E-state index in [-0.39, 0.29) is 11.6 Å². The van der Waals surface area contributed by atoms with Crippen molar-refractivity contribution in [1.29, 1.82) is 0 Å². The summed E-state index contributed by atoms with van der Waals surface area (Å²) in [6.45, 7) is 10.5. The maximum Gasteiger partial charge on any atom is 0.163 e. The lowest BCUT2D eigenvalue weighted by Crippen LogP contribution is -2.35. The van der Waals surface area contributed by atoms with Gasteiger partial charge in [0, 0.05) is 49.8 Å². The Bertz CT molecular complexity index is 1280. The van der Waals surface area contributed by atoms with E-state index in [1.54, 1.807) is 0 Å². The normalized spacial score (nSPS) is 18.9. The van der Waals surface area contributed by atoms with Gasteiger partial charge in [0.1, 0.15) is 0 Å². The molecule has 5 nitrogen and oxygen atoms in total. The number of carbonyl (C=O) groups is 2. The number of ether oxygens (including phenoxy) is 1. The van der Waals surface area contributed by atoms with Gasteiger partial charge in [-0.25, -0.2) is 0 Å². The van der Waals surface area contributed by atoms with Gasteiger partial charge in [-0.15, -0.1) is 0 Å². The summed E-state index contributed by atoms with van der Waals surface area (Å²) in [5.41, 5.74) is 9.20. The number of benzene rings is 2. The molecule has 2 aromatic carbocycles. The van der Waals surface area contributed by atoms with E-state index in [0.29, 0.717) is 25.3 Å². The molecule has 39 heavy (non-hydrogen) atoms. The summed E-state index contributed by atoms with van der Waals surface area (Å²) in [6, 6.07) is 13.5. The van der Waals surface area contributed by atoms with Crippen molar-refractivity contribution in [3.05, 3.63) is 75.9 Å². The predicted octanol–water partition coefficient (Wildman–Crippen LogP) is 7.05. The van der Waals surface area contributed by atoms with Crippen LogP contribution in [0.15, 0.2) is 59.2 Å². The average Bonchev–Trinajstić information content (AvgIpc) is 3.43. The van der Waals surface area contributed by atoms with E-state index in [0.717, 1.165) is 77.5 Å². The van der Waals surface area contributed by atoms with Crippen LogP contribution >= 0.6 is 0 Å². The summed E-state index contributed by atoms with van der Waals surface area (Å²) in [4.78, 5) is 28.7. The fourth-order valence-electron chi connectivity index (χ4n) is 6.23. The van der Waals surface area contributed by atoms with Gasteiger partial charge in [0.2, 0.25) is 0 Å². The second kappa shape index (κ2) is 12.4. The van der Waals surface area contributed by atoms with Crippen LogP contribution in [0.4, 0.5) is 5.69 Å². The minimum absolute atomic E-state index is 0.104. The van der Waals surface area contributed by atoms with E-state index in [1.807, 2.05) is 13.8 Å². The smallest absolute Gasteiger partial charge is 0.163 e. The standard InChI is InChI=1S/C34H42N2O3/c1-23-18-24(2)30(34(38)19-23)12-13-33(37)31-20-28(21-32(25(31)3)35-29-6-4-5-7-29)27-10-8-26(9-11-27)22-36-14-16-39-17-15-36/h8-11,18,20-21,29,35H,4-7,12-17,19,22H2,1-3H3. The number of morpholine rings is 1. The van der Waals surface area contributed by atoms with Crippen molar-refractivity contribution >= 4 is 17.3 Å². The predicted molar refractivity (Wildman–Crippen MR) is 158 cm³/mol. The Hall–Kier alpha value is -3.02. The zero-order valence-corrected chi connectivity index (χ0v) is 23.8. The average molecular weight is 527 g/mol. The molecule has 1 saturated carbocycles. The van der Waals surface area contributed by atoms with Crippen LogP contribution in [0.5, 0.6) is 0 Å². The van der Waals surface area contributed by atoms with E-state index in [9.17, 15) is 9.59 Å². The molecule has 206 valence electrons. The molecule has 1 aliphatic heterocycles. The van der Waals surface area contributed by atoms with Crippen molar-refractivity contribution in [2.24, 2.45) is 0 Å². The van der Waals surface area contributed by atoms with Crippen molar-refractivity contribution < 1.29 is 14.3 Å². The van der Waals surface area contributed by atoms with E-state index < -0.39 is 0 Å². The molecule has 1 heterocycles. The van der Waals surface area contributed by atoms with Crippen molar-refractivity contribution in [2.45, 2.75) is 78.3 Å². The van der Waals surface area contributed by atoms with Gasteiger partial charge in [-0.2, -0.15) is 0 Å². The first-order valence-corrected chi connectivity index (χ1v) is 14.6. The molecule has 0 atom stereocenters. The maximum atomic E-state index is 13.6. The monoisotopic (exact) mass is 526 g/mol. The van der Waals surface area contributed by atoms with Crippen LogP contribution in [0.25, 0.3) is 11.1 Å². The highest BCUT2D eigenvalue weighted by Gasteiger charge is 2.22. The Labute approximate surface area is 233 Å². The number of Topliss-reactive ketones (excluding diaryl/α,β-unsaturated/α-hetero) is 2. The Morgan fingerprint density at radius 3 is 2.41 bits per heavy atom. The summed E-state index contributed by atoms with van der Waals surface area (Å²) in [6.07, 6.45) is 8.24. The fourth-order valence-corrected chi connectivity index (χ4v) is 6.23. The minimum atomic E-state index is 0.104. The first-order chi connectivity index (χ1) is 18.9. The minimum Gasteiger partial charge on any atom is -0.382 e. The molecule has 0 unspecified atom stereocenters. The molecule has 0 aromatic heterocycles. The van der Waals surface area contributed by atoms with Crippen LogP contribution < -0.4 is 5.32 Å². The van der Waals surface area contributed by atoms with Gasteiger partial charge in [-0.3, -0.25) is 14.5 Å². The van der Waals surface area contributed by atoms with Gasteiger partial charge in [-0.1, -0.05) is 48.8 Å². The lowest BCUT2D eigenvalue weighted by atomic mass is 9.88. The van der Waals surface area contributed by atoms with Gasteiger partial charge < -0.3 is 10.1 Å². The molecule has 0 spiro atoms. The van der Waals surface area contributed by atoms with Crippen molar-refractivity contribution in [3.8, 4) is 11.1 Å². The lowest BCUT2D eigenvalue weighted by Gasteiger charge is -2.26. The molecule has 2 aliphatic carbocycles. The highest BCUT2D eigenvalue weighted by molar-refractivity contribution is 6.03. The van der Waals surface area contributed by atoms with Crippen LogP contribution in [0.3, 0.4) is 0 Å². The van der Waals surface area contributed by atoms with Gasteiger partial charge in [0.25, 0.3) is 0 Å². The zero-order chi connectivity index (χ0) is 27.4. The van der Waals surface area contributed by atoms with Crippen LogP contribution in [0.1, 0.15) is 80.3 Å². The molecule has 1 N–H and O–H groups in total. The number of ketones is 2. The highest BCUT2D eigenvalue weighted by Crippen LogP contribution is 2.33. The second-order valence-electron chi connectivity index (χ2n) is 11.6. The molecule has 2 fully saturated rings. The van der Waals surface area contributed by atoms with Crippen molar-refractivity contribution in [1.82, 2.24) is 4.90 Å². The quantitative estimate of drug-likeness (QED) is 0.355. The number of hydrogen-bond acceptors (Lipinski definition) is 5. The number of allylic oxidation sites excluding steroid dienone is 4. The van der Waals surface area contributed by atoms with Crippen LogP contribution in [0.2, 0.25) is 0 Å². The summed E-state index contributed by atoms with van der Waals surface area (Å²) >= 11 is 0. The number of nitrogens with zero attached hydrogens (tertiary/aromatic N) is 1. The number of rotatable bonds is 9. The van der Waals surface area contributed by atoms with Crippen LogP contribution in [-0.4, -0.2) is 48.8 Å². The molecular formula is C34H42N2O3. The molecule has 3 aliphatic rings. The summed E-state index contributed by atoms with van der Waals surface area (Å²) < 4.78 is 5.48. The highest BCUT2D eigenvalue weighted by atomic mass is 16.5. The molecule has 2 aromatic rings. The molecule has 5 heteroatoms. The molecule has 0 radical (unpaired) electrons. The third kappa shape index (κ3) is 6.77. The largest absolute Gasteiger partial charge is 0.382 e. The van der Waals surface area contributed by atoms with Crippen LogP contribution in [-0.2, 0) is 16.1 Å². The van der Waals surface area contributed by atoms with E-state index in [4.69, 9.17) is 4.74 Å². The van der Waals surface area contributed by atoms with Gasteiger partial charge in [0.15, 0.2) is 11.6 Å². The van der Waals surface area contributed by atoms with Crippen molar-refractivity contribution in [2.75, 3.05) is 31.6 Å². The Morgan fingerprint density at radius 2 is 1.72 bits per heavy atom. The van der Waals surface area contributed by atoms with E-state index in [2.05, 4.69) is 59.6 Å². The Kier molecular flexibility index (Phi) is 8.79. The SMILES string of the molecule is CC1=CC(C)=C(CCC(=O)c2cc(-c3ccc(CN4CCOCC4)cc3)cc(NC3CCCC3)c2C)C(=O)C1. The number of hydrogen-bond donors (Lipinski definition) is 1. The Morgan fingerprint density at radius 1 is 1.00 bits per heavy atom. The van der Waals surface area contributed by atoms with Crippen molar-refractivity contribution in [3.63, 3.8) is 0 Å². The molecule has 5 rings (SSSR count). The lowest BCUT2D eigenvalue weighted by molar-refractivity contribution is -0.115. The topological polar surface area (TPSA) is 58.6 Å². The summed E-state index contributed by atoms with van der Waals surface area (Å²) in [5, 5.41) is 3.76. The summed E-state index contributed by atoms with van der Waals surface area (Å²) in [7, 11) is 0. The Balaban J connectivity index is 1.39. The van der Waals surface area contributed by atoms with E-state index >= 15 is 0 Å². The first kappa shape index (κ1) is 27.5. The zero-order valence-electron chi connectivity index (χ0n) is 23.8. The first-order valence-electron chi connectivity index (χ1n) is 14.6. The summed E-state index contributed by atoms with van der Waals surface area (Å²) in [5.74, 6) is 0.263. The third-order valence-corrected chi connectivity index (χ3v) is 8.54. The van der Waals surface area contributed by atoms with Gasteiger partial charge >= 0.3 is 0 Å². The third-order valence-electron chi connectivity index (χ3n) is 8.54.